The fourth-order valence-electron chi connectivity index (χ4n) is 4.15. The molecule has 4 rings (SSSR count). The van der Waals surface area contributed by atoms with Crippen LogP contribution in [0.4, 0.5) is 14.9 Å². The number of nitriles is 1. The number of amides is 1. The normalized spacial score (nSPS) is 17.2. The summed E-state index contributed by atoms with van der Waals surface area (Å²) in [4.78, 5) is 17.4. The summed E-state index contributed by atoms with van der Waals surface area (Å²) in [5.74, 6) is -0.429. The summed E-state index contributed by atoms with van der Waals surface area (Å²) in [5.41, 5.74) is 1.67. The number of aromatic nitrogens is 1. The molecule has 1 atom stereocenters. The molecule has 0 bridgehead atoms. The first-order valence-corrected chi connectivity index (χ1v) is 10.1. The number of H-pyrrole nitrogens is 1. The van der Waals surface area contributed by atoms with E-state index in [0.717, 1.165) is 23.7 Å². The van der Waals surface area contributed by atoms with Crippen molar-refractivity contribution >= 4 is 33.6 Å². The molecule has 1 unspecified atom stereocenters. The number of carbonyl (C=O) groups is 1. The Labute approximate surface area is 174 Å². The lowest BCUT2D eigenvalue weighted by molar-refractivity contribution is 0.0500. The highest BCUT2D eigenvalue weighted by Gasteiger charge is 2.28. The van der Waals surface area contributed by atoms with E-state index in [-0.39, 0.29) is 11.6 Å². The number of carbonyl (C=O) groups excluding carboxylic acids is 1. The summed E-state index contributed by atoms with van der Waals surface area (Å²) in [7, 11) is 0. The lowest BCUT2D eigenvalue weighted by Crippen LogP contribution is -2.49. The Morgan fingerprint density at radius 3 is 2.87 bits per heavy atom. The largest absolute Gasteiger partial charge is 0.444 e. The van der Waals surface area contributed by atoms with Crippen LogP contribution in [0.1, 0.15) is 39.2 Å². The molecule has 0 aliphatic carbocycles. The van der Waals surface area contributed by atoms with Gasteiger partial charge >= 0.3 is 6.09 Å². The number of hydrogen-bond acceptors (Lipinski definition) is 4. The molecule has 1 fully saturated rings. The van der Waals surface area contributed by atoms with E-state index in [1.807, 2.05) is 49.9 Å². The summed E-state index contributed by atoms with van der Waals surface area (Å²) >= 11 is 0. The number of fused-ring (bicyclic) bond motifs is 3. The molecular formula is C23H25FN4O2. The van der Waals surface area contributed by atoms with Crippen molar-refractivity contribution in [2.45, 2.75) is 45.3 Å². The van der Waals surface area contributed by atoms with E-state index < -0.39 is 17.5 Å². The van der Waals surface area contributed by atoms with Crippen molar-refractivity contribution in [3.8, 4) is 6.07 Å². The van der Waals surface area contributed by atoms with Crippen molar-refractivity contribution < 1.29 is 13.9 Å². The smallest absolute Gasteiger partial charge is 0.407 e. The van der Waals surface area contributed by atoms with Crippen LogP contribution >= 0.6 is 0 Å². The zero-order valence-corrected chi connectivity index (χ0v) is 17.4. The number of nitrogens with zero attached hydrogens (tertiary/aromatic N) is 2. The number of nitrogens with one attached hydrogen (secondary N) is 2. The maximum atomic E-state index is 15.3. The van der Waals surface area contributed by atoms with Gasteiger partial charge in [-0.25, -0.2) is 9.18 Å². The molecule has 1 amide bonds. The number of aromatic amines is 1. The molecule has 2 heterocycles. The molecule has 6 nitrogen and oxygen atoms in total. The van der Waals surface area contributed by atoms with E-state index in [0.29, 0.717) is 29.7 Å². The van der Waals surface area contributed by atoms with Gasteiger partial charge in [0.05, 0.1) is 16.8 Å². The minimum Gasteiger partial charge on any atom is -0.444 e. The molecule has 0 saturated carbocycles. The lowest BCUT2D eigenvalue weighted by Gasteiger charge is -2.35. The van der Waals surface area contributed by atoms with Crippen LogP contribution in [0.25, 0.3) is 21.8 Å². The number of ether oxygens (including phenoxy) is 1. The van der Waals surface area contributed by atoms with Crippen molar-refractivity contribution in [1.82, 2.24) is 10.3 Å². The maximum Gasteiger partial charge on any atom is 0.407 e. The van der Waals surface area contributed by atoms with Crippen molar-refractivity contribution in [2.75, 3.05) is 18.0 Å². The topological polar surface area (TPSA) is 81.2 Å². The molecular weight excluding hydrogens is 383 g/mol. The Balaban J connectivity index is 1.71. The molecule has 1 aliphatic rings. The molecule has 156 valence electrons. The standard InChI is InChI=1S/C23H25FN4O2/c1-23(2,3)30-22(29)26-15-7-6-10-28(13-15)21-17(24)11-14(12-25)20-19(21)16-8-4-5-9-18(16)27-20/h4-5,8-9,11,15,27H,6-7,10,13H2,1-3H3,(H,26,29). The number of para-hydroxylation sites is 1. The summed E-state index contributed by atoms with van der Waals surface area (Å²) in [5, 5.41) is 14.0. The second kappa shape index (κ2) is 7.52. The summed E-state index contributed by atoms with van der Waals surface area (Å²) in [6.45, 7) is 6.60. The third-order valence-corrected chi connectivity index (χ3v) is 5.29. The number of alkyl carbamates (subject to hydrolysis) is 1. The van der Waals surface area contributed by atoms with E-state index >= 15 is 4.39 Å². The first-order valence-electron chi connectivity index (χ1n) is 10.1. The number of piperidine rings is 1. The van der Waals surface area contributed by atoms with E-state index in [1.165, 1.54) is 6.07 Å². The van der Waals surface area contributed by atoms with Crippen LogP contribution in [0, 0.1) is 17.1 Å². The van der Waals surface area contributed by atoms with Gasteiger partial charge in [-0.15, -0.1) is 0 Å². The van der Waals surface area contributed by atoms with Crippen LogP contribution in [0.15, 0.2) is 30.3 Å². The van der Waals surface area contributed by atoms with Gasteiger partial charge in [-0.1, -0.05) is 18.2 Å². The van der Waals surface area contributed by atoms with Gasteiger partial charge in [0.15, 0.2) is 0 Å². The molecule has 1 aromatic heterocycles. The highest BCUT2D eigenvalue weighted by molar-refractivity contribution is 6.15. The number of halogens is 1. The molecule has 0 spiro atoms. The first kappa shape index (κ1) is 20.0. The Hall–Kier alpha value is -3.27. The molecule has 1 saturated heterocycles. The van der Waals surface area contributed by atoms with Gasteiger partial charge in [0.25, 0.3) is 0 Å². The van der Waals surface area contributed by atoms with E-state index in [9.17, 15) is 10.1 Å². The Kier molecular flexibility index (Phi) is 5.02. The quantitative estimate of drug-likeness (QED) is 0.637. The van der Waals surface area contributed by atoms with Crippen molar-refractivity contribution in [1.29, 1.82) is 5.26 Å². The van der Waals surface area contributed by atoms with Crippen LogP contribution in [0.5, 0.6) is 0 Å². The lowest BCUT2D eigenvalue weighted by atomic mass is 10.0. The highest BCUT2D eigenvalue weighted by Crippen LogP contribution is 2.38. The monoisotopic (exact) mass is 408 g/mol. The maximum absolute atomic E-state index is 15.3. The molecule has 3 aromatic rings. The van der Waals surface area contributed by atoms with Crippen LogP contribution in [-0.2, 0) is 4.74 Å². The predicted octanol–water partition coefficient (Wildman–Crippen LogP) is 4.83. The molecule has 7 heteroatoms. The number of anilines is 1. The van der Waals surface area contributed by atoms with Crippen LogP contribution < -0.4 is 10.2 Å². The molecule has 0 radical (unpaired) electrons. The number of hydrogen-bond donors (Lipinski definition) is 2. The summed E-state index contributed by atoms with van der Waals surface area (Å²) in [6, 6.07) is 10.9. The van der Waals surface area contributed by atoms with E-state index in [1.54, 1.807) is 0 Å². The van der Waals surface area contributed by atoms with Crippen molar-refractivity contribution in [3.05, 3.63) is 41.7 Å². The average Bonchev–Trinajstić information content (AvgIpc) is 3.05. The van der Waals surface area contributed by atoms with Gasteiger partial charge in [0.1, 0.15) is 17.5 Å². The Bertz CT molecular complexity index is 1160. The average molecular weight is 408 g/mol. The summed E-state index contributed by atoms with van der Waals surface area (Å²) in [6.07, 6.45) is 1.14. The molecule has 2 N–H and O–H groups in total. The second-order valence-electron chi connectivity index (χ2n) is 8.72. The van der Waals surface area contributed by atoms with Gasteiger partial charge in [-0.3, -0.25) is 0 Å². The van der Waals surface area contributed by atoms with Crippen LogP contribution in [-0.4, -0.2) is 35.8 Å². The van der Waals surface area contributed by atoms with Gasteiger partial charge in [0.2, 0.25) is 0 Å². The fourth-order valence-corrected chi connectivity index (χ4v) is 4.15. The molecule has 1 aliphatic heterocycles. The van der Waals surface area contributed by atoms with E-state index in [4.69, 9.17) is 4.74 Å². The van der Waals surface area contributed by atoms with Crippen molar-refractivity contribution in [2.24, 2.45) is 0 Å². The van der Waals surface area contributed by atoms with Crippen LogP contribution in [0.3, 0.4) is 0 Å². The molecule has 30 heavy (non-hydrogen) atoms. The molecule has 2 aromatic carbocycles. The predicted molar refractivity (Wildman–Crippen MR) is 115 cm³/mol. The van der Waals surface area contributed by atoms with Crippen molar-refractivity contribution in [3.63, 3.8) is 0 Å². The van der Waals surface area contributed by atoms with Gasteiger partial charge in [-0.2, -0.15) is 5.26 Å². The SMILES string of the molecule is CC(C)(C)OC(=O)NC1CCCN(c2c(F)cc(C#N)c3[nH]c4ccccc4c23)C1. The Morgan fingerprint density at radius 2 is 2.13 bits per heavy atom. The van der Waals surface area contributed by atoms with Gasteiger partial charge < -0.3 is 19.9 Å². The van der Waals surface area contributed by atoms with Gasteiger partial charge in [-0.05, 0) is 45.7 Å². The third kappa shape index (κ3) is 3.78. The third-order valence-electron chi connectivity index (χ3n) is 5.29. The number of rotatable bonds is 2. The van der Waals surface area contributed by atoms with Gasteiger partial charge in [0, 0.05) is 35.4 Å². The minimum atomic E-state index is -0.576. The fraction of sp³-hybridized carbons (Fsp3) is 0.391. The first-order chi connectivity index (χ1) is 14.3. The zero-order valence-electron chi connectivity index (χ0n) is 17.4. The Morgan fingerprint density at radius 1 is 1.37 bits per heavy atom. The van der Waals surface area contributed by atoms with Crippen LogP contribution in [0.2, 0.25) is 0 Å². The second-order valence-corrected chi connectivity index (χ2v) is 8.72. The minimum absolute atomic E-state index is 0.149. The highest BCUT2D eigenvalue weighted by atomic mass is 19.1. The number of benzene rings is 2. The zero-order chi connectivity index (χ0) is 21.5. The van der Waals surface area contributed by atoms with E-state index in [2.05, 4.69) is 16.4 Å². The summed E-state index contributed by atoms with van der Waals surface area (Å²) < 4.78 is 20.6.